The van der Waals surface area contributed by atoms with Crippen LogP contribution in [0, 0.1) is 21.4 Å². The summed E-state index contributed by atoms with van der Waals surface area (Å²) in [7, 11) is 0. The molecular formula is C8H4F3N3O3. The summed E-state index contributed by atoms with van der Waals surface area (Å²) in [4.78, 5) is 12.9. The number of hydrogen-bond donors (Lipinski definition) is 0. The lowest BCUT2D eigenvalue weighted by molar-refractivity contribution is -0.388. The highest BCUT2D eigenvalue weighted by atomic mass is 19.4. The molecule has 1 heterocycles. The lowest BCUT2D eigenvalue weighted by Gasteiger charge is -2.10. The van der Waals surface area contributed by atoms with Crippen molar-refractivity contribution >= 4 is 5.69 Å². The summed E-state index contributed by atoms with van der Waals surface area (Å²) in [6.45, 7) is 0. The normalized spacial score (nSPS) is 10.7. The molecule has 1 rings (SSSR count). The summed E-state index contributed by atoms with van der Waals surface area (Å²) in [5.41, 5.74) is -1.32. The molecule has 0 radical (unpaired) electrons. The Bertz CT molecular complexity index is 481. The molecular weight excluding hydrogens is 243 g/mol. The lowest BCUT2D eigenvalue weighted by Crippen LogP contribution is -2.19. The van der Waals surface area contributed by atoms with E-state index in [0.29, 0.717) is 0 Å². The maximum atomic E-state index is 12.0. The zero-order valence-electron chi connectivity index (χ0n) is 8.06. The van der Waals surface area contributed by atoms with Crippen molar-refractivity contribution in [1.82, 2.24) is 4.98 Å². The number of ether oxygens (including phenoxy) is 1. The van der Waals surface area contributed by atoms with Crippen molar-refractivity contribution in [2.75, 3.05) is 0 Å². The highest BCUT2D eigenvalue weighted by Crippen LogP contribution is 2.34. The Morgan fingerprint density at radius 1 is 1.59 bits per heavy atom. The number of rotatable bonds is 3. The fraction of sp³-hybridized carbons (Fsp3) is 0.250. The number of nitriles is 1. The van der Waals surface area contributed by atoms with Crippen LogP contribution in [-0.4, -0.2) is 16.3 Å². The Hall–Kier alpha value is -2.37. The monoisotopic (exact) mass is 247 g/mol. The first-order chi connectivity index (χ1) is 7.85. The van der Waals surface area contributed by atoms with Gasteiger partial charge in [-0.25, -0.2) is 0 Å². The smallest absolute Gasteiger partial charge is 0.396 e. The molecule has 1 aromatic rings. The van der Waals surface area contributed by atoms with Gasteiger partial charge in [-0.2, -0.15) is 5.26 Å². The van der Waals surface area contributed by atoms with Crippen LogP contribution in [0.3, 0.4) is 0 Å². The number of aromatic nitrogens is 1. The minimum absolute atomic E-state index is 0.431. The molecule has 0 unspecified atom stereocenters. The van der Waals surface area contributed by atoms with Crippen LogP contribution in [-0.2, 0) is 6.42 Å². The third-order valence-electron chi connectivity index (χ3n) is 1.62. The third-order valence-corrected chi connectivity index (χ3v) is 1.62. The molecule has 0 aliphatic carbocycles. The molecule has 0 atom stereocenters. The Morgan fingerprint density at radius 3 is 2.71 bits per heavy atom. The molecule has 90 valence electrons. The molecule has 0 bridgehead atoms. The molecule has 6 nitrogen and oxygen atoms in total. The number of halogens is 3. The van der Waals surface area contributed by atoms with Gasteiger partial charge in [0, 0.05) is 12.3 Å². The highest BCUT2D eigenvalue weighted by Gasteiger charge is 2.36. The molecule has 17 heavy (non-hydrogen) atoms. The van der Waals surface area contributed by atoms with Gasteiger partial charge in [0.1, 0.15) is 5.69 Å². The van der Waals surface area contributed by atoms with E-state index in [-0.39, 0.29) is 0 Å². The van der Waals surface area contributed by atoms with E-state index < -0.39 is 34.8 Å². The summed E-state index contributed by atoms with van der Waals surface area (Å²) < 4.78 is 39.7. The lowest BCUT2D eigenvalue weighted by atomic mass is 10.2. The second-order valence-electron chi connectivity index (χ2n) is 2.75. The summed E-state index contributed by atoms with van der Waals surface area (Å²) in [5.74, 6) is -1.05. The van der Waals surface area contributed by atoms with Crippen LogP contribution in [0.25, 0.3) is 0 Å². The number of nitro groups is 1. The zero-order valence-corrected chi connectivity index (χ0v) is 8.06. The molecule has 0 saturated carbocycles. The van der Waals surface area contributed by atoms with Crippen molar-refractivity contribution in [1.29, 1.82) is 5.26 Å². The fourth-order valence-corrected chi connectivity index (χ4v) is 1.05. The van der Waals surface area contributed by atoms with Gasteiger partial charge in [0.15, 0.2) is 0 Å². The molecule has 0 fully saturated rings. The molecule has 0 saturated heterocycles. The summed E-state index contributed by atoms with van der Waals surface area (Å²) in [6.07, 6.45) is -4.67. The van der Waals surface area contributed by atoms with Crippen molar-refractivity contribution in [3.63, 3.8) is 0 Å². The number of pyridine rings is 1. The Morgan fingerprint density at radius 2 is 2.24 bits per heavy atom. The molecule has 0 spiro atoms. The molecule has 0 N–H and O–H groups in total. The average molecular weight is 247 g/mol. The van der Waals surface area contributed by atoms with Crippen LogP contribution in [0.5, 0.6) is 5.75 Å². The van der Waals surface area contributed by atoms with Crippen molar-refractivity contribution in [3.05, 3.63) is 28.1 Å². The second kappa shape index (κ2) is 4.65. The van der Waals surface area contributed by atoms with Gasteiger partial charge in [0.05, 0.1) is 17.4 Å². The van der Waals surface area contributed by atoms with E-state index >= 15 is 0 Å². The van der Waals surface area contributed by atoms with Gasteiger partial charge in [0.2, 0.25) is 5.75 Å². The van der Waals surface area contributed by atoms with E-state index in [4.69, 9.17) is 5.26 Å². The van der Waals surface area contributed by atoms with Gasteiger partial charge in [0.25, 0.3) is 0 Å². The maximum Gasteiger partial charge on any atom is 0.573 e. The predicted molar refractivity (Wildman–Crippen MR) is 46.9 cm³/mol. The average Bonchev–Trinajstić information content (AvgIpc) is 2.18. The Labute approximate surface area is 92.4 Å². The second-order valence-corrected chi connectivity index (χ2v) is 2.75. The Kier molecular flexibility index (Phi) is 3.47. The first-order valence-corrected chi connectivity index (χ1v) is 4.10. The van der Waals surface area contributed by atoms with Gasteiger partial charge in [-0.15, -0.1) is 13.2 Å². The minimum atomic E-state index is -5.09. The van der Waals surface area contributed by atoms with Crippen molar-refractivity contribution in [2.24, 2.45) is 0 Å². The minimum Gasteiger partial charge on any atom is -0.396 e. The largest absolute Gasteiger partial charge is 0.573 e. The van der Waals surface area contributed by atoms with Gasteiger partial charge in [-0.05, 0) is 0 Å². The van der Waals surface area contributed by atoms with Crippen LogP contribution in [0.15, 0.2) is 12.3 Å². The molecule has 0 aliphatic rings. The van der Waals surface area contributed by atoms with Gasteiger partial charge >= 0.3 is 12.0 Å². The third kappa shape index (κ3) is 3.30. The Balaban J connectivity index is 3.29. The molecule has 0 aliphatic heterocycles. The first kappa shape index (κ1) is 12.7. The van der Waals surface area contributed by atoms with E-state index in [0.717, 1.165) is 12.3 Å². The number of alkyl halides is 3. The van der Waals surface area contributed by atoms with Crippen molar-refractivity contribution < 1.29 is 22.8 Å². The topological polar surface area (TPSA) is 89.0 Å². The summed E-state index contributed by atoms with van der Waals surface area (Å²) in [5, 5.41) is 18.9. The van der Waals surface area contributed by atoms with E-state index in [2.05, 4.69) is 9.72 Å². The van der Waals surface area contributed by atoms with Crippen molar-refractivity contribution in [3.8, 4) is 11.8 Å². The number of hydrogen-bond acceptors (Lipinski definition) is 5. The van der Waals surface area contributed by atoms with Crippen LogP contribution < -0.4 is 4.74 Å². The molecule has 1 aromatic heterocycles. The van der Waals surface area contributed by atoms with Crippen LogP contribution >= 0.6 is 0 Å². The zero-order chi connectivity index (χ0) is 13.1. The fourth-order valence-electron chi connectivity index (χ4n) is 1.05. The maximum absolute atomic E-state index is 12.0. The first-order valence-electron chi connectivity index (χ1n) is 4.10. The van der Waals surface area contributed by atoms with Crippen LogP contribution in [0.4, 0.5) is 18.9 Å². The van der Waals surface area contributed by atoms with E-state index in [9.17, 15) is 23.3 Å². The van der Waals surface area contributed by atoms with Gasteiger partial charge in [-0.1, -0.05) is 0 Å². The van der Waals surface area contributed by atoms with E-state index in [1.807, 2.05) is 0 Å². The highest BCUT2D eigenvalue weighted by molar-refractivity contribution is 5.49. The molecule has 0 amide bonds. The van der Waals surface area contributed by atoms with E-state index in [1.54, 1.807) is 6.07 Å². The quantitative estimate of drug-likeness (QED) is 0.601. The van der Waals surface area contributed by atoms with Gasteiger partial charge in [-0.3, -0.25) is 15.1 Å². The van der Waals surface area contributed by atoms with E-state index in [1.165, 1.54) is 0 Å². The molecule has 0 aromatic carbocycles. The molecule has 9 heteroatoms. The van der Waals surface area contributed by atoms with Gasteiger partial charge < -0.3 is 4.74 Å². The standard InChI is InChI=1S/C8H4F3N3O3/c9-8(10,11)17-7-5(1-3-12)13-4-2-6(7)14(15)16/h2,4H,1H2. The summed E-state index contributed by atoms with van der Waals surface area (Å²) in [6, 6.07) is 2.31. The predicted octanol–water partition coefficient (Wildman–Crippen LogP) is 1.95. The van der Waals surface area contributed by atoms with Crippen LogP contribution in [0.1, 0.15) is 5.69 Å². The van der Waals surface area contributed by atoms with Crippen LogP contribution in [0.2, 0.25) is 0 Å². The number of nitrogens with zero attached hydrogens (tertiary/aromatic N) is 3. The van der Waals surface area contributed by atoms with Crippen molar-refractivity contribution in [2.45, 2.75) is 12.8 Å². The summed E-state index contributed by atoms with van der Waals surface area (Å²) >= 11 is 0. The SMILES string of the molecule is N#CCc1nccc([N+](=O)[O-])c1OC(F)(F)F.